The second kappa shape index (κ2) is 9.25. The lowest BCUT2D eigenvalue weighted by molar-refractivity contribution is 0.413. The van der Waals surface area contributed by atoms with Crippen LogP contribution in [0, 0.1) is 17.1 Å². The van der Waals surface area contributed by atoms with E-state index in [-0.39, 0.29) is 21.8 Å². The fourth-order valence-electron chi connectivity index (χ4n) is 3.96. The van der Waals surface area contributed by atoms with Crippen LogP contribution in [0.15, 0.2) is 93.3 Å². The zero-order chi connectivity index (χ0) is 26.2. The zero-order valence-corrected chi connectivity index (χ0v) is 20.0. The molecule has 0 amide bonds. The van der Waals surface area contributed by atoms with E-state index in [0.29, 0.717) is 33.5 Å². The van der Waals surface area contributed by atoms with Crippen molar-refractivity contribution in [3.8, 4) is 28.6 Å². The van der Waals surface area contributed by atoms with Gasteiger partial charge in [-0.3, -0.25) is 14.1 Å². The fraction of sp³-hybridized carbons (Fsp3) is 0.0385. The molecule has 0 unspecified atom stereocenters. The SMILES string of the molecule is COc1cc(-c2cc(F)cc(C#N)c2)ccc1-n1c(=O)ccc2cc(S(=O)(=O)Nc3ccon3)ccc21. The molecule has 5 aromatic rings. The first-order valence-electron chi connectivity index (χ1n) is 10.8. The van der Waals surface area contributed by atoms with Crippen LogP contribution in [0.2, 0.25) is 0 Å². The highest BCUT2D eigenvalue weighted by molar-refractivity contribution is 7.92. The summed E-state index contributed by atoms with van der Waals surface area (Å²) < 4.78 is 53.5. The van der Waals surface area contributed by atoms with Gasteiger partial charge in [0.25, 0.3) is 15.6 Å². The number of hydrogen-bond acceptors (Lipinski definition) is 7. The maximum atomic E-state index is 14.0. The summed E-state index contributed by atoms with van der Waals surface area (Å²) >= 11 is 0. The lowest BCUT2D eigenvalue weighted by Crippen LogP contribution is -2.18. The van der Waals surface area contributed by atoms with Gasteiger partial charge in [0.15, 0.2) is 5.82 Å². The quantitative estimate of drug-likeness (QED) is 0.353. The van der Waals surface area contributed by atoms with Crippen LogP contribution in [-0.2, 0) is 10.0 Å². The van der Waals surface area contributed by atoms with Crippen molar-refractivity contribution in [2.24, 2.45) is 0 Å². The van der Waals surface area contributed by atoms with Crippen LogP contribution in [0.4, 0.5) is 10.2 Å². The van der Waals surface area contributed by atoms with E-state index in [9.17, 15) is 17.6 Å². The molecule has 0 atom stereocenters. The highest BCUT2D eigenvalue weighted by atomic mass is 32.2. The van der Waals surface area contributed by atoms with Gasteiger partial charge in [-0.25, -0.2) is 12.8 Å². The molecular formula is C26H17FN4O5S. The molecule has 11 heteroatoms. The topological polar surface area (TPSA) is 127 Å². The zero-order valence-electron chi connectivity index (χ0n) is 19.2. The number of anilines is 1. The number of aromatic nitrogens is 2. The standard InChI is InChI=1S/C26H17FN4O5S/c1-35-24-14-17(19-10-16(15-28)11-20(27)12-19)2-5-23(24)31-22-6-4-21(13-18(22)3-7-26(31)32)37(33,34)30-25-8-9-36-29-25/h2-14H,1H3,(H,29,30). The minimum absolute atomic E-state index is 0.0325. The molecule has 0 aliphatic heterocycles. The van der Waals surface area contributed by atoms with Crippen molar-refractivity contribution in [3.05, 3.63) is 101 Å². The van der Waals surface area contributed by atoms with Crippen molar-refractivity contribution in [1.29, 1.82) is 5.26 Å². The van der Waals surface area contributed by atoms with Crippen molar-refractivity contribution in [3.63, 3.8) is 0 Å². The Hall–Kier alpha value is -4.95. The van der Waals surface area contributed by atoms with E-state index >= 15 is 0 Å². The second-order valence-corrected chi connectivity index (χ2v) is 9.63. The highest BCUT2D eigenvalue weighted by Crippen LogP contribution is 2.32. The van der Waals surface area contributed by atoms with Crippen LogP contribution in [0.3, 0.4) is 0 Å². The first-order valence-corrected chi connectivity index (χ1v) is 12.3. The Morgan fingerprint density at radius 2 is 1.86 bits per heavy atom. The normalized spacial score (nSPS) is 11.3. The summed E-state index contributed by atoms with van der Waals surface area (Å²) in [7, 11) is -2.52. The molecule has 0 aliphatic carbocycles. The molecule has 0 saturated carbocycles. The molecule has 0 bridgehead atoms. The van der Waals surface area contributed by atoms with Crippen molar-refractivity contribution in [1.82, 2.24) is 9.72 Å². The maximum absolute atomic E-state index is 14.0. The van der Waals surface area contributed by atoms with Crippen LogP contribution in [0.25, 0.3) is 27.7 Å². The number of halogens is 1. The molecule has 184 valence electrons. The van der Waals surface area contributed by atoms with E-state index < -0.39 is 15.8 Å². The predicted molar refractivity (Wildman–Crippen MR) is 134 cm³/mol. The lowest BCUT2D eigenvalue weighted by Gasteiger charge is -2.16. The number of pyridine rings is 1. The van der Waals surface area contributed by atoms with Crippen molar-refractivity contribution in [2.45, 2.75) is 4.90 Å². The monoisotopic (exact) mass is 516 g/mol. The van der Waals surface area contributed by atoms with E-state index in [2.05, 4.69) is 14.4 Å². The maximum Gasteiger partial charge on any atom is 0.263 e. The number of nitrogens with zero attached hydrogens (tertiary/aromatic N) is 3. The van der Waals surface area contributed by atoms with Gasteiger partial charge in [-0.1, -0.05) is 11.2 Å². The summed E-state index contributed by atoms with van der Waals surface area (Å²) in [6, 6.07) is 19.4. The molecule has 2 heterocycles. The third kappa shape index (κ3) is 4.53. The molecule has 3 aromatic carbocycles. The first kappa shape index (κ1) is 23.8. The van der Waals surface area contributed by atoms with Gasteiger partial charge >= 0.3 is 0 Å². The minimum Gasteiger partial charge on any atom is -0.495 e. The van der Waals surface area contributed by atoms with Crippen molar-refractivity contribution < 1.29 is 22.1 Å². The van der Waals surface area contributed by atoms with Gasteiger partial charge in [-0.05, 0) is 65.7 Å². The Balaban J connectivity index is 1.61. The largest absolute Gasteiger partial charge is 0.495 e. The van der Waals surface area contributed by atoms with Crippen LogP contribution >= 0.6 is 0 Å². The van der Waals surface area contributed by atoms with E-state index in [4.69, 9.17) is 10.00 Å². The molecular weight excluding hydrogens is 499 g/mol. The molecule has 9 nitrogen and oxygen atoms in total. The number of benzene rings is 3. The number of nitriles is 1. The molecule has 0 saturated heterocycles. The molecule has 37 heavy (non-hydrogen) atoms. The molecule has 0 aliphatic rings. The smallest absolute Gasteiger partial charge is 0.263 e. The predicted octanol–water partition coefficient (Wildman–Crippen LogP) is 4.47. The van der Waals surface area contributed by atoms with Crippen LogP contribution < -0.4 is 15.0 Å². The molecule has 0 spiro atoms. The highest BCUT2D eigenvalue weighted by Gasteiger charge is 2.18. The van der Waals surface area contributed by atoms with Crippen LogP contribution in [0.1, 0.15) is 5.56 Å². The van der Waals surface area contributed by atoms with Gasteiger partial charge in [-0.15, -0.1) is 0 Å². The van der Waals surface area contributed by atoms with E-state index in [1.54, 1.807) is 24.3 Å². The number of sulfonamides is 1. The summed E-state index contributed by atoms with van der Waals surface area (Å²) in [5.74, 6) is -0.194. The van der Waals surface area contributed by atoms with Gasteiger partial charge in [0.05, 0.1) is 34.8 Å². The Morgan fingerprint density at radius 1 is 1.03 bits per heavy atom. The summed E-state index contributed by atoms with van der Waals surface area (Å²) in [6.07, 6.45) is 1.24. The van der Waals surface area contributed by atoms with Crippen LogP contribution in [-0.4, -0.2) is 25.3 Å². The van der Waals surface area contributed by atoms with Gasteiger partial charge in [0, 0.05) is 17.5 Å². The van der Waals surface area contributed by atoms with E-state index in [1.807, 2.05) is 6.07 Å². The number of nitrogens with one attached hydrogen (secondary N) is 1. The third-order valence-corrected chi connectivity index (χ3v) is 6.99. The Morgan fingerprint density at radius 3 is 2.59 bits per heavy atom. The molecule has 1 N–H and O–H groups in total. The molecule has 0 radical (unpaired) electrons. The third-order valence-electron chi connectivity index (χ3n) is 5.63. The van der Waals surface area contributed by atoms with Gasteiger partial charge in [-0.2, -0.15) is 5.26 Å². The summed E-state index contributed by atoms with van der Waals surface area (Å²) in [5, 5.41) is 13.2. The molecule has 0 fully saturated rings. The van der Waals surface area contributed by atoms with Gasteiger partial charge in [0.2, 0.25) is 0 Å². The minimum atomic E-state index is -3.96. The summed E-state index contributed by atoms with van der Waals surface area (Å²) in [6.45, 7) is 0. The average molecular weight is 517 g/mol. The number of rotatable bonds is 6. The fourth-order valence-corrected chi connectivity index (χ4v) is 4.99. The number of hydrogen-bond donors (Lipinski definition) is 1. The van der Waals surface area contributed by atoms with Gasteiger partial charge in [0.1, 0.15) is 17.8 Å². The second-order valence-electron chi connectivity index (χ2n) is 7.94. The first-order chi connectivity index (χ1) is 17.8. The summed E-state index contributed by atoms with van der Waals surface area (Å²) in [5.41, 5.74) is 1.70. The molecule has 2 aromatic heterocycles. The van der Waals surface area contributed by atoms with Crippen molar-refractivity contribution in [2.75, 3.05) is 11.8 Å². The van der Waals surface area contributed by atoms with E-state index in [0.717, 1.165) is 6.07 Å². The van der Waals surface area contributed by atoms with Crippen LogP contribution in [0.5, 0.6) is 5.75 Å². The van der Waals surface area contributed by atoms with Gasteiger partial charge < -0.3 is 9.26 Å². The number of methoxy groups -OCH3 is 1. The Kier molecular flexibility index (Phi) is 5.95. The van der Waals surface area contributed by atoms with Crippen molar-refractivity contribution >= 4 is 26.7 Å². The van der Waals surface area contributed by atoms with E-state index in [1.165, 1.54) is 60.4 Å². The number of fused-ring (bicyclic) bond motifs is 1. The lowest BCUT2D eigenvalue weighted by atomic mass is 10.0. The average Bonchev–Trinajstić information content (AvgIpc) is 3.40. The summed E-state index contributed by atoms with van der Waals surface area (Å²) in [4.78, 5) is 12.9. The number of ether oxygens (including phenoxy) is 1. The molecule has 5 rings (SSSR count). The Labute approximate surface area is 210 Å². The Bertz CT molecular complexity index is 1860.